The Bertz CT molecular complexity index is 1360. The highest BCUT2D eigenvalue weighted by Crippen LogP contribution is 2.30. The van der Waals surface area contributed by atoms with Crippen LogP contribution in [0, 0.1) is 11.3 Å². The topological polar surface area (TPSA) is 146 Å². The van der Waals surface area contributed by atoms with Gasteiger partial charge in [-0.05, 0) is 66.6 Å². The molecule has 0 fully saturated rings. The van der Waals surface area contributed by atoms with Gasteiger partial charge in [0.2, 0.25) is 0 Å². The highest BCUT2D eigenvalue weighted by Gasteiger charge is 2.13. The molecule has 0 aliphatic carbocycles. The summed E-state index contributed by atoms with van der Waals surface area (Å²) in [6.07, 6.45) is 1.38. The van der Waals surface area contributed by atoms with Gasteiger partial charge in [0, 0.05) is 5.69 Å². The third kappa shape index (κ3) is 6.71. The van der Waals surface area contributed by atoms with E-state index in [1.807, 2.05) is 6.07 Å². The number of hydrogen-bond acceptors (Lipinski definition) is 6. The fourth-order valence-corrected chi connectivity index (χ4v) is 3.15. The zero-order valence-electron chi connectivity index (χ0n) is 19.2. The van der Waals surface area contributed by atoms with Gasteiger partial charge in [-0.15, -0.1) is 0 Å². The average molecular weight is 486 g/mol. The van der Waals surface area contributed by atoms with Gasteiger partial charge < -0.3 is 25.0 Å². The van der Waals surface area contributed by atoms with Crippen molar-refractivity contribution in [3.05, 3.63) is 94.6 Å². The van der Waals surface area contributed by atoms with Crippen molar-refractivity contribution in [2.45, 2.75) is 13.5 Å². The predicted molar refractivity (Wildman–Crippen MR) is 131 cm³/mol. The smallest absolute Gasteiger partial charge is 0.335 e. The average Bonchev–Trinajstić information content (AvgIpc) is 2.87. The molecule has 36 heavy (non-hydrogen) atoms. The van der Waals surface area contributed by atoms with Gasteiger partial charge in [-0.1, -0.05) is 24.3 Å². The maximum atomic E-state index is 12.6. The van der Waals surface area contributed by atoms with Crippen LogP contribution in [-0.4, -0.2) is 34.7 Å². The highest BCUT2D eigenvalue weighted by molar-refractivity contribution is 6.10. The molecule has 182 valence electrons. The number of amides is 1. The van der Waals surface area contributed by atoms with Crippen LogP contribution in [0.25, 0.3) is 6.08 Å². The van der Waals surface area contributed by atoms with Gasteiger partial charge in [0.25, 0.3) is 5.91 Å². The van der Waals surface area contributed by atoms with Gasteiger partial charge in [0.1, 0.15) is 18.2 Å². The van der Waals surface area contributed by atoms with Gasteiger partial charge in [-0.25, -0.2) is 9.59 Å². The second kappa shape index (κ2) is 11.9. The normalized spacial score (nSPS) is 10.7. The van der Waals surface area contributed by atoms with Crippen LogP contribution in [0.4, 0.5) is 5.69 Å². The predicted octanol–water partition coefficient (Wildman–Crippen LogP) is 4.61. The number of anilines is 1. The lowest BCUT2D eigenvalue weighted by Crippen LogP contribution is -2.14. The molecule has 3 aromatic carbocycles. The molecule has 1 amide bonds. The van der Waals surface area contributed by atoms with Crippen molar-refractivity contribution in [1.82, 2.24) is 0 Å². The molecule has 3 aromatic rings. The number of nitriles is 1. The van der Waals surface area contributed by atoms with E-state index >= 15 is 0 Å². The number of aromatic carboxylic acids is 2. The van der Waals surface area contributed by atoms with Crippen LogP contribution in [0.15, 0.2) is 72.3 Å². The van der Waals surface area contributed by atoms with Gasteiger partial charge in [0.05, 0.1) is 17.7 Å². The van der Waals surface area contributed by atoms with E-state index in [-0.39, 0.29) is 29.0 Å². The summed E-state index contributed by atoms with van der Waals surface area (Å²) in [6.45, 7) is 2.33. The quantitative estimate of drug-likeness (QED) is 0.278. The Morgan fingerprint density at radius 2 is 1.64 bits per heavy atom. The highest BCUT2D eigenvalue weighted by atomic mass is 16.5. The number of ether oxygens (including phenoxy) is 2. The van der Waals surface area contributed by atoms with Gasteiger partial charge >= 0.3 is 11.9 Å². The summed E-state index contributed by atoms with van der Waals surface area (Å²) in [5, 5.41) is 30.1. The summed E-state index contributed by atoms with van der Waals surface area (Å²) < 4.78 is 11.5. The summed E-state index contributed by atoms with van der Waals surface area (Å²) >= 11 is 0. The van der Waals surface area contributed by atoms with E-state index in [0.29, 0.717) is 23.7 Å². The zero-order chi connectivity index (χ0) is 26.1. The standard InChI is InChI=1S/C27H22N2O7/c1-2-35-24-13-18(8-11-23(24)36-16-17-6-9-19(10-7-17)26(31)32)12-21(15-28)25(30)29-22-5-3-4-20(14-22)27(33)34/h3-14H,2,16H2,1H3,(H,29,30)(H,31,32)(H,33,34)/b21-12-. The number of hydrogen-bond donors (Lipinski definition) is 3. The Morgan fingerprint density at radius 1 is 0.917 bits per heavy atom. The molecule has 0 unspecified atom stereocenters. The first-order chi connectivity index (χ1) is 17.3. The largest absolute Gasteiger partial charge is 0.490 e. The van der Waals surface area contributed by atoms with E-state index in [4.69, 9.17) is 19.7 Å². The van der Waals surface area contributed by atoms with Crippen LogP contribution in [0.5, 0.6) is 11.5 Å². The molecule has 0 heterocycles. The summed E-state index contributed by atoms with van der Waals surface area (Å²) in [7, 11) is 0. The molecular weight excluding hydrogens is 464 g/mol. The van der Waals surface area contributed by atoms with Crippen molar-refractivity contribution in [2.24, 2.45) is 0 Å². The second-order valence-electron chi connectivity index (χ2n) is 7.44. The van der Waals surface area contributed by atoms with Crippen molar-refractivity contribution in [3.63, 3.8) is 0 Å². The number of carbonyl (C=O) groups is 3. The first-order valence-corrected chi connectivity index (χ1v) is 10.8. The van der Waals surface area contributed by atoms with Crippen molar-refractivity contribution < 1.29 is 34.1 Å². The number of carboxylic acid groups (broad SMARTS) is 2. The SMILES string of the molecule is CCOc1cc(/C=C(/C#N)C(=O)Nc2cccc(C(=O)O)c2)ccc1OCc1ccc(C(=O)O)cc1. The van der Waals surface area contributed by atoms with Crippen LogP contribution in [-0.2, 0) is 11.4 Å². The number of carbonyl (C=O) groups excluding carboxylic acids is 1. The van der Waals surface area contributed by atoms with E-state index in [0.717, 1.165) is 5.56 Å². The van der Waals surface area contributed by atoms with Crippen LogP contribution in [0.3, 0.4) is 0 Å². The summed E-state index contributed by atoms with van der Waals surface area (Å²) in [6, 6.07) is 18.8. The van der Waals surface area contributed by atoms with Crippen LogP contribution in [0.1, 0.15) is 38.8 Å². The molecule has 0 saturated heterocycles. The molecule has 0 bridgehead atoms. The molecule has 0 aromatic heterocycles. The lowest BCUT2D eigenvalue weighted by Gasteiger charge is -2.13. The molecule has 3 rings (SSSR count). The third-order valence-corrected chi connectivity index (χ3v) is 4.91. The minimum Gasteiger partial charge on any atom is -0.490 e. The molecule has 0 atom stereocenters. The van der Waals surface area contributed by atoms with Crippen LogP contribution >= 0.6 is 0 Å². The second-order valence-corrected chi connectivity index (χ2v) is 7.44. The Hall–Kier alpha value is -5.10. The van der Waals surface area contributed by atoms with Crippen molar-refractivity contribution in [1.29, 1.82) is 5.26 Å². The molecular formula is C27H22N2O7. The van der Waals surface area contributed by atoms with Gasteiger partial charge in [0.15, 0.2) is 11.5 Å². The van der Waals surface area contributed by atoms with Crippen LogP contribution in [0.2, 0.25) is 0 Å². The summed E-state index contributed by atoms with van der Waals surface area (Å²) in [4.78, 5) is 34.7. The van der Waals surface area contributed by atoms with Gasteiger partial charge in [-0.3, -0.25) is 4.79 Å². The Kier molecular flexibility index (Phi) is 8.40. The molecule has 0 aliphatic heterocycles. The minimum atomic E-state index is -1.13. The van der Waals surface area contributed by atoms with E-state index in [9.17, 15) is 19.6 Å². The summed E-state index contributed by atoms with van der Waals surface area (Å²) in [5.74, 6) is -2.00. The third-order valence-electron chi connectivity index (χ3n) is 4.91. The summed E-state index contributed by atoms with van der Waals surface area (Å²) in [5.41, 5.74) is 1.52. The molecule has 0 spiro atoms. The number of nitrogens with zero attached hydrogens (tertiary/aromatic N) is 1. The monoisotopic (exact) mass is 486 g/mol. The minimum absolute atomic E-state index is 0.00469. The van der Waals surface area contributed by atoms with E-state index in [2.05, 4.69) is 5.32 Å². The fourth-order valence-electron chi connectivity index (χ4n) is 3.15. The molecule has 3 N–H and O–H groups in total. The van der Waals surface area contributed by atoms with E-state index in [1.165, 1.54) is 42.5 Å². The van der Waals surface area contributed by atoms with Gasteiger partial charge in [-0.2, -0.15) is 5.26 Å². The Morgan fingerprint density at radius 3 is 2.28 bits per heavy atom. The Labute approximate surface area is 206 Å². The van der Waals surface area contributed by atoms with Crippen molar-refractivity contribution in [3.8, 4) is 17.6 Å². The molecule has 0 radical (unpaired) electrons. The number of benzene rings is 3. The molecule has 0 saturated carbocycles. The number of rotatable bonds is 10. The van der Waals surface area contributed by atoms with Crippen molar-refractivity contribution >= 4 is 29.6 Å². The lowest BCUT2D eigenvalue weighted by atomic mass is 10.1. The van der Waals surface area contributed by atoms with E-state index < -0.39 is 17.8 Å². The van der Waals surface area contributed by atoms with Crippen LogP contribution < -0.4 is 14.8 Å². The zero-order valence-corrected chi connectivity index (χ0v) is 19.2. The maximum absolute atomic E-state index is 12.6. The molecule has 0 aliphatic rings. The lowest BCUT2D eigenvalue weighted by molar-refractivity contribution is -0.112. The van der Waals surface area contributed by atoms with Crippen molar-refractivity contribution in [2.75, 3.05) is 11.9 Å². The first kappa shape index (κ1) is 25.5. The Balaban J connectivity index is 1.76. The van der Waals surface area contributed by atoms with E-state index in [1.54, 1.807) is 37.3 Å². The number of carboxylic acids is 2. The first-order valence-electron chi connectivity index (χ1n) is 10.8. The molecule has 9 nitrogen and oxygen atoms in total. The fraction of sp³-hybridized carbons (Fsp3) is 0.111. The molecule has 9 heteroatoms. The number of nitrogens with one attached hydrogen (secondary N) is 1. The maximum Gasteiger partial charge on any atom is 0.335 e.